The van der Waals surface area contributed by atoms with Crippen LogP contribution in [0.3, 0.4) is 0 Å². The molecule has 1 unspecified atom stereocenters. The van der Waals surface area contributed by atoms with Crippen LogP contribution in [0.1, 0.15) is 17.5 Å². The summed E-state index contributed by atoms with van der Waals surface area (Å²) in [6, 6.07) is 9.44. The summed E-state index contributed by atoms with van der Waals surface area (Å²) in [5.74, 6) is 0. The average Bonchev–Trinajstić information content (AvgIpc) is 2.17. The Morgan fingerprint density at radius 1 is 1.25 bits per heavy atom. The van der Waals surface area contributed by atoms with Crippen LogP contribution in [0.4, 0.5) is 0 Å². The van der Waals surface area contributed by atoms with Crippen molar-refractivity contribution in [3.63, 3.8) is 0 Å². The number of hydrogen-bond acceptors (Lipinski definition) is 1. The first kappa shape index (κ1) is 8.51. The van der Waals surface area contributed by atoms with E-state index in [0.29, 0.717) is 6.04 Å². The van der Waals surface area contributed by atoms with Gasteiger partial charge in [0.05, 0.1) is 0 Å². The fourth-order valence-electron chi connectivity index (χ4n) is 1.79. The van der Waals surface area contributed by atoms with Gasteiger partial charge in [-0.1, -0.05) is 24.3 Å². The lowest BCUT2D eigenvalue weighted by molar-refractivity contribution is 0.557. The lowest BCUT2D eigenvalue weighted by atomic mass is 9.89. The van der Waals surface area contributed by atoms with E-state index in [9.17, 15) is 0 Å². The number of nitrogens with one attached hydrogen (secondary N) is 1. The first-order valence-electron chi connectivity index (χ1n) is 4.33. The van der Waals surface area contributed by atoms with E-state index < -0.39 is 0 Å². The maximum Gasteiger partial charge on any atom is 0.0207 e. The molecule has 0 aromatic heterocycles. The van der Waals surface area contributed by atoms with Crippen LogP contribution < -0.4 is 3.53 Å². The van der Waals surface area contributed by atoms with Gasteiger partial charge in [-0.2, -0.15) is 0 Å². The minimum atomic E-state index is 0.681. The van der Waals surface area contributed by atoms with Gasteiger partial charge in [0.2, 0.25) is 0 Å². The Morgan fingerprint density at radius 3 is 2.75 bits per heavy atom. The quantitative estimate of drug-likeness (QED) is 0.612. The molecule has 1 aromatic carbocycles. The Balaban J connectivity index is 2.23. The van der Waals surface area contributed by atoms with Crippen molar-refractivity contribution in [2.24, 2.45) is 0 Å². The van der Waals surface area contributed by atoms with Crippen LogP contribution in [-0.4, -0.2) is 6.04 Å². The second-order valence-corrected chi connectivity index (χ2v) is 3.94. The van der Waals surface area contributed by atoms with Crippen LogP contribution in [0, 0.1) is 0 Å². The normalized spacial score (nSPS) is 21.9. The Bertz CT molecular complexity index is 272. The van der Waals surface area contributed by atoms with Crippen LogP contribution in [-0.2, 0) is 12.8 Å². The highest BCUT2D eigenvalue weighted by Crippen LogP contribution is 2.21. The molecule has 2 rings (SSSR count). The van der Waals surface area contributed by atoms with Crippen LogP contribution in [0.5, 0.6) is 0 Å². The van der Waals surface area contributed by atoms with E-state index in [1.807, 2.05) is 0 Å². The fraction of sp³-hybridized carbons (Fsp3) is 0.400. The van der Waals surface area contributed by atoms with Gasteiger partial charge in [0.15, 0.2) is 0 Å². The zero-order valence-corrected chi connectivity index (χ0v) is 9.04. The fourth-order valence-corrected chi connectivity index (χ4v) is 2.32. The molecule has 1 aliphatic carbocycles. The third kappa shape index (κ3) is 1.64. The predicted molar refractivity (Wildman–Crippen MR) is 59.4 cm³/mol. The van der Waals surface area contributed by atoms with Gasteiger partial charge in [0.25, 0.3) is 0 Å². The summed E-state index contributed by atoms with van der Waals surface area (Å²) >= 11 is 2.26. The number of hydrogen-bond donors (Lipinski definition) is 1. The summed E-state index contributed by atoms with van der Waals surface area (Å²) in [7, 11) is 0. The summed E-state index contributed by atoms with van der Waals surface area (Å²) in [6.45, 7) is 0. The molecule has 0 aliphatic heterocycles. The van der Waals surface area contributed by atoms with Gasteiger partial charge in [-0.25, -0.2) is 0 Å². The van der Waals surface area contributed by atoms with Crippen molar-refractivity contribution >= 4 is 22.9 Å². The van der Waals surface area contributed by atoms with Gasteiger partial charge in [0, 0.05) is 28.9 Å². The second kappa shape index (κ2) is 3.75. The molecule has 1 nitrogen and oxygen atoms in total. The van der Waals surface area contributed by atoms with Crippen molar-refractivity contribution in [3.05, 3.63) is 35.4 Å². The standard InChI is InChI=1S/C10H12IN/c11-12-10-6-5-8-3-1-2-4-9(8)7-10/h1-4,10,12H,5-7H2. The van der Waals surface area contributed by atoms with Crippen molar-refractivity contribution < 1.29 is 0 Å². The van der Waals surface area contributed by atoms with E-state index in [-0.39, 0.29) is 0 Å². The molecular formula is C10H12IN. The number of fused-ring (bicyclic) bond motifs is 1. The van der Waals surface area contributed by atoms with E-state index in [4.69, 9.17) is 0 Å². The van der Waals surface area contributed by atoms with Crippen molar-refractivity contribution in [3.8, 4) is 0 Å². The number of aryl methyl sites for hydroxylation is 1. The maximum atomic E-state index is 3.31. The van der Waals surface area contributed by atoms with Crippen molar-refractivity contribution in [1.82, 2.24) is 3.53 Å². The molecular weight excluding hydrogens is 261 g/mol. The monoisotopic (exact) mass is 273 g/mol. The molecule has 1 aliphatic rings. The second-order valence-electron chi connectivity index (χ2n) is 3.32. The molecule has 1 aromatic rings. The third-order valence-corrected chi connectivity index (χ3v) is 3.38. The van der Waals surface area contributed by atoms with Gasteiger partial charge < -0.3 is 0 Å². The highest BCUT2D eigenvalue weighted by molar-refractivity contribution is 14.1. The lowest BCUT2D eigenvalue weighted by Crippen LogP contribution is -2.27. The summed E-state index contributed by atoms with van der Waals surface area (Å²) in [5, 5.41) is 0. The van der Waals surface area contributed by atoms with E-state index in [1.165, 1.54) is 24.8 Å². The maximum absolute atomic E-state index is 3.31. The molecule has 0 saturated carbocycles. The van der Waals surface area contributed by atoms with Crippen molar-refractivity contribution in [2.45, 2.75) is 25.3 Å². The molecule has 1 N–H and O–H groups in total. The topological polar surface area (TPSA) is 12.0 Å². The van der Waals surface area contributed by atoms with Crippen molar-refractivity contribution in [2.75, 3.05) is 0 Å². The van der Waals surface area contributed by atoms with Crippen LogP contribution in [0.2, 0.25) is 0 Å². The largest absolute Gasteiger partial charge is 0.258 e. The molecule has 12 heavy (non-hydrogen) atoms. The van der Waals surface area contributed by atoms with Gasteiger partial charge in [-0.05, 0) is 30.4 Å². The first-order chi connectivity index (χ1) is 5.90. The van der Waals surface area contributed by atoms with Gasteiger partial charge in [-0.15, -0.1) is 0 Å². The van der Waals surface area contributed by atoms with E-state index in [1.54, 1.807) is 5.56 Å². The minimum absolute atomic E-state index is 0.681. The molecule has 64 valence electrons. The third-order valence-electron chi connectivity index (χ3n) is 2.50. The van der Waals surface area contributed by atoms with Crippen LogP contribution in [0.15, 0.2) is 24.3 Å². The molecule has 0 spiro atoms. The zero-order valence-electron chi connectivity index (χ0n) is 6.89. The predicted octanol–water partition coefficient (Wildman–Crippen LogP) is 2.48. The molecule has 0 saturated heterocycles. The van der Waals surface area contributed by atoms with E-state index in [0.717, 1.165) is 0 Å². The molecule has 1 atom stereocenters. The molecule has 2 heteroatoms. The van der Waals surface area contributed by atoms with Crippen LogP contribution >= 0.6 is 22.9 Å². The first-order valence-corrected chi connectivity index (χ1v) is 5.41. The average molecular weight is 273 g/mol. The molecule has 0 radical (unpaired) electrons. The minimum Gasteiger partial charge on any atom is -0.258 e. The summed E-state index contributed by atoms with van der Waals surface area (Å²) in [5.41, 5.74) is 3.07. The molecule has 0 fully saturated rings. The van der Waals surface area contributed by atoms with Gasteiger partial charge in [0.1, 0.15) is 0 Å². The Kier molecular flexibility index (Phi) is 2.66. The van der Waals surface area contributed by atoms with E-state index in [2.05, 4.69) is 50.7 Å². The molecule has 0 bridgehead atoms. The number of halogens is 1. The van der Waals surface area contributed by atoms with Gasteiger partial charge in [-0.3, -0.25) is 3.53 Å². The zero-order chi connectivity index (χ0) is 8.39. The summed E-state index contributed by atoms with van der Waals surface area (Å²) in [4.78, 5) is 0. The Morgan fingerprint density at radius 2 is 2.00 bits per heavy atom. The summed E-state index contributed by atoms with van der Waals surface area (Å²) < 4.78 is 3.31. The van der Waals surface area contributed by atoms with Crippen LogP contribution in [0.25, 0.3) is 0 Å². The number of rotatable bonds is 1. The Labute approximate surface area is 87.1 Å². The number of benzene rings is 1. The summed E-state index contributed by atoms with van der Waals surface area (Å²) in [6.07, 6.45) is 3.70. The SMILES string of the molecule is INC1CCc2ccccc2C1. The lowest BCUT2D eigenvalue weighted by Gasteiger charge is -2.22. The molecule has 0 heterocycles. The molecule has 0 amide bonds. The Hall–Kier alpha value is -0.0900. The van der Waals surface area contributed by atoms with Gasteiger partial charge >= 0.3 is 0 Å². The highest BCUT2D eigenvalue weighted by Gasteiger charge is 2.16. The smallest absolute Gasteiger partial charge is 0.0207 e. The highest BCUT2D eigenvalue weighted by atomic mass is 127. The van der Waals surface area contributed by atoms with E-state index >= 15 is 0 Å². The van der Waals surface area contributed by atoms with Crippen molar-refractivity contribution in [1.29, 1.82) is 0 Å².